The number of nitrogens with zero attached hydrogens (tertiary/aromatic N) is 5. The lowest BCUT2D eigenvalue weighted by molar-refractivity contribution is 0.122. The van der Waals surface area contributed by atoms with Gasteiger partial charge in [0.1, 0.15) is 5.82 Å². The summed E-state index contributed by atoms with van der Waals surface area (Å²) in [6.07, 6.45) is 4.01. The number of benzene rings is 1. The van der Waals surface area contributed by atoms with Crippen LogP contribution in [0.5, 0.6) is 0 Å². The predicted molar refractivity (Wildman–Crippen MR) is 132 cm³/mol. The number of anilines is 2. The van der Waals surface area contributed by atoms with Gasteiger partial charge < -0.3 is 9.64 Å². The largest absolute Gasteiger partial charge is 0.378 e. The van der Waals surface area contributed by atoms with E-state index in [2.05, 4.69) is 65.9 Å². The summed E-state index contributed by atoms with van der Waals surface area (Å²) >= 11 is 2.22. The highest BCUT2D eigenvalue weighted by Gasteiger charge is 2.48. The Hall–Kier alpha value is -1.81. The van der Waals surface area contributed by atoms with Crippen molar-refractivity contribution in [1.29, 1.82) is 0 Å². The first kappa shape index (κ1) is 22.4. The number of carbonyl (C=O) groups excluding carboxylic acids is 1. The topological polar surface area (TPSA) is 53.8 Å². The van der Waals surface area contributed by atoms with Gasteiger partial charge in [0.05, 0.1) is 48.2 Å². The van der Waals surface area contributed by atoms with Gasteiger partial charge in [0.25, 0.3) is 0 Å². The number of urea groups is 1. The van der Waals surface area contributed by atoms with E-state index in [4.69, 9.17) is 9.84 Å². The molecule has 2 aliphatic heterocycles. The number of rotatable bonds is 7. The van der Waals surface area contributed by atoms with Crippen molar-refractivity contribution in [2.75, 3.05) is 42.6 Å². The molecule has 2 aromatic rings. The summed E-state index contributed by atoms with van der Waals surface area (Å²) < 4.78 is 9.23. The van der Waals surface area contributed by atoms with Crippen LogP contribution >= 0.6 is 22.9 Å². The molecule has 0 radical (unpaired) electrons. The lowest BCUT2D eigenvalue weighted by atomic mass is 9.89. The average Bonchev–Trinajstić information content (AvgIpc) is 3.28. The number of carbonyl (C=O) groups is 1. The van der Waals surface area contributed by atoms with Crippen LogP contribution in [0.15, 0.2) is 30.3 Å². The molecule has 1 aromatic carbocycles. The van der Waals surface area contributed by atoms with Crippen LogP contribution in [0.25, 0.3) is 0 Å². The molecule has 31 heavy (non-hydrogen) atoms. The molecule has 2 fully saturated rings. The monoisotopic (exact) mass is 537 g/mol. The predicted octanol–water partition coefficient (Wildman–Crippen LogP) is 4.33. The number of halogens is 1. The molecule has 8 heteroatoms. The Bertz CT molecular complexity index is 926. The van der Waals surface area contributed by atoms with Gasteiger partial charge in [-0.25, -0.2) is 4.79 Å². The smallest absolute Gasteiger partial charge is 0.335 e. The first-order valence-corrected chi connectivity index (χ1v) is 12.1. The second-order valence-corrected chi connectivity index (χ2v) is 9.62. The Morgan fingerprint density at radius 3 is 2.71 bits per heavy atom. The molecule has 0 spiro atoms. The minimum atomic E-state index is -0.162. The van der Waals surface area contributed by atoms with Crippen molar-refractivity contribution in [3.05, 3.63) is 41.5 Å². The molecule has 2 amide bonds. The van der Waals surface area contributed by atoms with E-state index in [0.29, 0.717) is 6.54 Å². The van der Waals surface area contributed by atoms with Gasteiger partial charge in [-0.2, -0.15) is 5.10 Å². The fraction of sp³-hybridized carbons (Fsp3) is 0.565. The molecule has 1 aromatic heterocycles. The summed E-state index contributed by atoms with van der Waals surface area (Å²) in [5.74, 6) is 1.78. The lowest BCUT2D eigenvalue weighted by Gasteiger charge is -2.32. The molecule has 3 heterocycles. The molecule has 7 nitrogen and oxygen atoms in total. The van der Waals surface area contributed by atoms with E-state index >= 15 is 0 Å². The second-order valence-electron chi connectivity index (χ2n) is 8.65. The van der Waals surface area contributed by atoms with E-state index in [1.54, 1.807) is 0 Å². The van der Waals surface area contributed by atoms with Crippen molar-refractivity contribution in [1.82, 2.24) is 12.9 Å². The van der Waals surface area contributed by atoms with Crippen molar-refractivity contribution in [2.24, 2.45) is 7.05 Å². The molecular formula is C23H32IN5O2. The maximum atomic E-state index is 13.3. The Balaban J connectivity index is 1.48. The fourth-order valence-corrected chi connectivity index (χ4v) is 5.64. The highest BCUT2D eigenvalue weighted by atomic mass is 127. The van der Waals surface area contributed by atoms with Gasteiger partial charge in [-0.3, -0.25) is 12.7 Å². The summed E-state index contributed by atoms with van der Waals surface area (Å²) in [6, 6.07) is 10.8. The Morgan fingerprint density at radius 1 is 1.23 bits per heavy atom. The van der Waals surface area contributed by atoms with Gasteiger partial charge in [0, 0.05) is 26.2 Å². The number of hydrogen-bond donors (Lipinski definition) is 0. The summed E-state index contributed by atoms with van der Waals surface area (Å²) in [4.78, 5) is 17.4. The van der Waals surface area contributed by atoms with Crippen LogP contribution in [-0.4, -0.2) is 57.3 Å². The summed E-state index contributed by atoms with van der Waals surface area (Å²) in [5.41, 5.74) is 2.51. The summed E-state index contributed by atoms with van der Waals surface area (Å²) in [6.45, 7) is 8.13. The van der Waals surface area contributed by atoms with Crippen LogP contribution in [0.4, 0.5) is 16.4 Å². The second kappa shape index (κ2) is 9.36. The van der Waals surface area contributed by atoms with Gasteiger partial charge in [0.15, 0.2) is 5.82 Å². The van der Waals surface area contributed by atoms with E-state index in [-0.39, 0.29) is 11.6 Å². The quantitative estimate of drug-likeness (QED) is 0.390. The van der Waals surface area contributed by atoms with E-state index in [0.717, 1.165) is 63.6 Å². The van der Waals surface area contributed by atoms with E-state index < -0.39 is 0 Å². The average molecular weight is 537 g/mol. The third kappa shape index (κ3) is 4.55. The third-order valence-electron chi connectivity index (χ3n) is 6.57. The minimum Gasteiger partial charge on any atom is -0.378 e. The third-order valence-corrected chi connectivity index (χ3v) is 8.01. The van der Waals surface area contributed by atoms with E-state index in [1.165, 1.54) is 11.1 Å². The van der Waals surface area contributed by atoms with Crippen molar-refractivity contribution in [3.63, 3.8) is 0 Å². The Kier molecular flexibility index (Phi) is 6.76. The fourth-order valence-electron chi connectivity index (χ4n) is 4.65. The lowest BCUT2D eigenvalue weighted by Crippen LogP contribution is -2.40. The molecule has 0 aliphatic carbocycles. The van der Waals surface area contributed by atoms with Crippen molar-refractivity contribution < 1.29 is 9.53 Å². The zero-order valence-electron chi connectivity index (χ0n) is 18.7. The van der Waals surface area contributed by atoms with Gasteiger partial charge in [-0.05, 0) is 38.2 Å². The molecule has 0 unspecified atom stereocenters. The maximum Gasteiger partial charge on any atom is 0.335 e. The van der Waals surface area contributed by atoms with Crippen molar-refractivity contribution in [3.8, 4) is 0 Å². The van der Waals surface area contributed by atoms with Crippen molar-refractivity contribution in [2.45, 2.75) is 45.1 Å². The minimum absolute atomic E-state index is 0.0505. The molecule has 2 saturated heterocycles. The number of morpholine rings is 1. The molecular weight excluding hydrogens is 505 g/mol. The molecule has 168 valence electrons. The molecule has 0 bridgehead atoms. The zero-order chi connectivity index (χ0) is 22.0. The highest BCUT2D eigenvalue weighted by Crippen LogP contribution is 2.40. The standard InChI is InChI=1S/C23H32IN5O2/c1-4-23(10-6-9-19-8-5-7-18(2)15-19)17-28(22(30)29(23)24)21-16-20(25-26(21)3)27-11-13-31-14-12-27/h5,7-8,15-16H,4,6,9-14,17H2,1-3H3/t23-/m1/s1. The number of hydrogen-bond acceptors (Lipinski definition) is 4. The van der Waals surface area contributed by atoms with Crippen LogP contribution in [0.3, 0.4) is 0 Å². The first-order valence-electron chi connectivity index (χ1n) is 11.1. The number of ether oxygens (including phenoxy) is 1. The van der Waals surface area contributed by atoms with Crippen LogP contribution in [0.2, 0.25) is 0 Å². The SMILES string of the molecule is CC[C@@]1(CCCc2cccc(C)c2)CN(c2cc(N3CCOCC3)nn2C)C(=O)N1I. The number of aryl methyl sites for hydroxylation is 3. The first-order chi connectivity index (χ1) is 14.9. The Morgan fingerprint density at radius 2 is 2.00 bits per heavy atom. The van der Waals surface area contributed by atoms with Gasteiger partial charge in [-0.15, -0.1) is 0 Å². The van der Waals surface area contributed by atoms with Gasteiger partial charge in [-0.1, -0.05) is 36.8 Å². The van der Waals surface area contributed by atoms with Crippen LogP contribution in [0, 0.1) is 6.92 Å². The molecule has 4 rings (SSSR count). The highest BCUT2D eigenvalue weighted by molar-refractivity contribution is 14.1. The van der Waals surface area contributed by atoms with E-state index in [9.17, 15) is 4.79 Å². The maximum absolute atomic E-state index is 13.3. The molecule has 0 N–H and O–H groups in total. The number of amides is 2. The number of aromatic nitrogens is 2. The van der Waals surface area contributed by atoms with Gasteiger partial charge in [0.2, 0.25) is 0 Å². The van der Waals surface area contributed by atoms with Crippen LogP contribution in [-0.2, 0) is 18.2 Å². The molecule has 1 atom stereocenters. The van der Waals surface area contributed by atoms with Crippen molar-refractivity contribution >= 4 is 40.5 Å². The molecule has 0 saturated carbocycles. The Labute approximate surface area is 198 Å². The zero-order valence-corrected chi connectivity index (χ0v) is 20.8. The van der Waals surface area contributed by atoms with Crippen LogP contribution in [0.1, 0.15) is 37.3 Å². The van der Waals surface area contributed by atoms with Crippen LogP contribution < -0.4 is 9.80 Å². The summed E-state index contributed by atoms with van der Waals surface area (Å²) in [5, 5.41) is 4.69. The molecule has 2 aliphatic rings. The van der Waals surface area contributed by atoms with E-state index in [1.807, 2.05) is 25.8 Å². The summed E-state index contributed by atoms with van der Waals surface area (Å²) in [7, 11) is 1.92. The normalized spacial score (nSPS) is 21.9. The van der Waals surface area contributed by atoms with Gasteiger partial charge >= 0.3 is 6.03 Å².